The minimum atomic E-state index is -1.53. The summed E-state index contributed by atoms with van der Waals surface area (Å²) in [6, 6.07) is 0. The van der Waals surface area contributed by atoms with Crippen molar-refractivity contribution in [1.29, 1.82) is 0 Å². The minimum Gasteiger partial charge on any atom is -0.454 e. The number of esters is 1. The van der Waals surface area contributed by atoms with E-state index in [1.54, 1.807) is 6.92 Å². The zero-order valence-corrected chi connectivity index (χ0v) is 17.4. The Morgan fingerprint density at radius 1 is 1.17 bits per heavy atom. The highest BCUT2D eigenvalue weighted by Crippen LogP contribution is 2.57. The van der Waals surface area contributed by atoms with Crippen molar-refractivity contribution in [2.75, 3.05) is 13.2 Å². The molecule has 3 fully saturated rings. The number of carbonyl (C=O) groups excluding carboxylic acids is 1. The van der Waals surface area contributed by atoms with Crippen molar-refractivity contribution < 1.29 is 44.5 Å². The maximum Gasteiger partial charge on any atom is 0.334 e. The van der Waals surface area contributed by atoms with Gasteiger partial charge in [0.2, 0.25) is 0 Å². The molecule has 0 aromatic carbocycles. The van der Waals surface area contributed by atoms with E-state index in [-0.39, 0.29) is 30.0 Å². The predicted octanol–water partition coefficient (Wildman–Crippen LogP) is -0.624. The molecule has 5 N–H and O–H groups in total. The summed E-state index contributed by atoms with van der Waals surface area (Å²) < 4.78 is 16.7. The highest BCUT2D eigenvalue weighted by Gasteiger charge is 2.57. The van der Waals surface area contributed by atoms with Crippen molar-refractivity contribution in [3.63, 3.8) is 0 Å². The third-order valence-corrected chi connectivity index (χ3v) is 7.70. The highest BCUT2D eigenvalue weighted by atomic mass is 16.7. The van der Waals surface area contributed by atoms with Gasteiger partial charge >= 0.3 is 5.97 Å². The van der Waals surface area contributed by atoms with Gasteiger partial charge in [0, 0.05) is 5.57 Å². The van der Waals surface area contributed by atoms with E-state index in [9.17, 15) is 30.3 Å². The van der Waals surface area contributed by atoms with Crippen LogP contribution in [-0.4, -0.2) is 87.1 Å². The fourth-order valence-electron chi connectivity index (χ4n) is 5.83. The molecule has 0 aromatic rings. The summed E-state index contributed by atoms with van der Waals surface area (Å²) in [6.07, 6.45) is -3.72. The Labute approximate surface area is 175 Å². The van der Waals surface area contributed by atoms with Gasteiger partial charge in [0.15, 0.2) is 6.29 Å². The van der Waals surface area contributed by atoms with E-state index in [2.05, 4.69) is 6.92 Å². The van der Waals surface area contributed by atoms with Gasteiger partial charge in [0.25, 0.3) is 0 Å². The Balaban J connectivity index is 1.51. The molecular formula is C21H32O9. The highest BCUT2D eigenvalue weighted by molar-refractivity contribution is 5.91. The van der Waals surface area contributed by atoms with Gasteiger partial charge in [0.05, 0.1) is 18.8 Å². The summed E-state index contributed by atoms with van der Waals surface area (Å²) in [4.78, 5) is 12.0. The van der Waals surface area contributed by atoms with E-state index < -0.39 is 42.9 Å². The molecule has 4 rings (SSSR count). The molecule has 0 bridgehead atoms. The van der Waals surface area contributed by atoms with Crippen LogP contribution >= 0.6 is 0 Å². The Morgan fingerprint density at radius 3 is 2.60 bits per heavy atom. The molecular weight excluding hydrogens is 396 g/mol. The molecule has 9 nitrogen and oxygen atoms in total. The summed E-state index contributed by atoms with van der Waals surface area (Å²) in [7, 11) is 0. The summed E-state index contributed by atoms with van der Waals surface area (Å²) in [6.45, 7) is 3.18. The first-order valence-electron chi connectivity index (χ1n) is 10.6. The number of aliphatic hydroxyl groups excluding tert-OH is 4. The second kappa shape index (κ2) is 7.81. The standard InChI is InChI=1S/C21H32O9/c1-10-11-6-14-20(2,7-12(11)29-18(10)26)4-3-5-21(14,27)9-28-19-17(25)16(24)15(23)13(8-22)30-19/h12-17,19,22-25,27H,3-9H2,1-2H3/t12-,13+,14+,15+,16-,17+,19+,20+,21-/m1/s1. The predicted molar refractivity (Wildman–Crippen MR) is 102 cm³/mol. The van der Waals surface area contributed by atoms with Gasteiger partial charge in [-0.3, -0.25) is 0 Å². The van der Waals surface area contributed by atoms with Crippen LogP contribution in [0.2, 0.25) is 0 Å². The molecule has 170 valence electrons. The van der Waals surface area contributed by atoms with E-state index in [0.29, 0.717) is 24.8 Å². The van der Waals surface area contributed by atoms with Gasteiger partial charge in [-0.2, -0.15) is 0 Å². The van der Waals surface area contributed by atoms with Crippen LogP contribution in [0.3, 0.4) is 0 Å². The smallest absolute Gasteiger partial charge is 0.334 e. The molecule has 1 saturated heterocycles. The molecule has 0 spiro atoms. The average molecular weight is 428 g/mol. The Bertz CT molecular complexity index is 721. The lowest BCUT2D eigenvalue weighted by Crippen LogP contribution is -2.61. The van der Waals surface area contributed by atoms with Gasteiger partial charge in [-0.05, 0) is 55.9 Å². The van der Waals surface area contributed by atoms with Crippen LogP contribution in [-0.2, 0) is 19.0 Å². The fraction of sp³-hybridized carbons (Fsp3) is 0.857. The van der Waals surface area contributed by atoms with Crippen molar-refractivity contribution in [2.45, 2.75) is 88.4 Å². The molecule has 9 heteroatoms. The van der Waals surface area contributed by atoms with Crippen molar-refractivity contribution >= 4 is 5.97 Å². The van der Waals surface area contributed by atoms with Crippen molar-refractivity contribution in [3.05, 3.63) is 11.1 Å². The zero-order chi connectivity index (χ0) is 21.8. The maximum absolute atomic E-state index is 12.0. The van der Waals surface area contributed by atoms with Gasteiger partial charge in [-0.1, -0.05) is 6.92 Å². The fourth-order valence-corrected chi connectivity index (χ4v) is 5.83. The van der Waals surface area contributed by atoms with E-state index >= 15 is 0 Å². The number of hydrogen-bond acceptors (Lipinski definition) is 9. The third-order valence-electron chi connectivity index (χ3n) is 7.70. The van der Waals surface area contributed by atoms with Crippen LogP contribution in [0.5, 0.6) is 0 Å². The van der Waals surface area contributed by atoms with Crippen molar-refractivity contribution in [1.82, 2.24) is 0 Å². The number of aliphatic hydroxyl groups is 5. The number of ether oxygens (including phenoxy) is 3. The SMILES string of the molecule is CC1=C2C[C@H]3[C@@](C)(CCC[C@@]3(O)CO[C@H]3O[C@@H](CO)[C@H](O)[C@@H](O)[C@@H]3O)C[C@H]2OC1=O. The number of carbonyl (C=O) groups is 1. The van der Waals surface area contributed by atoms with Crippen LogP contribution in [0.4, 0.5) is 0 Å². The van der Waals surface area contributed by atoms with E-state index in [0.717, 1.165) is 18.4 Å². The van der Waals surface area contributed by atoms with Crippen LogP contribution in [0.15, 0.2) is 11.1 Å². The van der Waals surface area contributed by atoms with E-state index in [4.69, 9.17) is 14.2 Å². The first-order valence-corrected chi connectivity index (χ1v) is 10.6. The molecule has 0 radical (unpaired) electrons. The molecule has 4 aliphatic rings. The lowest BCUT2D eigenvalue weighted by atomic mass is 9.53. The molecule has 0 amide bonds. The van der Waals surface area contributed by atoms with Gasteiger partial charge in [-0.25, -0.2) is 4.79 Å². The second-order valence-electron chi connectivity index (χ2n) is 9.62. The van der Waals surface area contributed by atoms with Crippen LogP contribution in [0, 0.1) is 11.3 Å². The number of rotatable bonds is 4. The van der Waals surface area contributed by atoms with E-state index in [1.165, 1.54) is 0 Å². The minimum absolute atomic E-state index is 0.137. The first kappa shape index (κ1) is 22.1. The molecule has 0 aromatic heterocycles. The molecule has 9 atom stereocenters. The van der Waals surface area contributed by atoms with Gasteiger partial charge in [0.1, 0.15) is 30.5 Å². The lowest BCUT2D eigenvalue weighted by Gasteiger charge is -2.55. The normalized spacial score (nSPS) is 48.9. The van der Waals surface area contributed by atoms with Gasteiger partial charge in [-0.15, -0.1) is 0 Å². The summed E-state index contributed by atoms with van der Waals surface area (Å²) >= 11 is 0. The Morgan fingerprint density at radius 2 is 1.90 bits per heavy atom. The maximum atomic E-state index is 12.0. The molecule has 2 saturated carbocycles. The summed E-state index contributed by atoms with van der Waals surface area (Å²) in [5, 5.41) is 51.0. The Kier molecular flexibility index (Phi) is 5.76. The van der Waals surface area contributed by atoms with Crippen LogP contribution in [0.1, 0.15) is 46.0 Å². The van der Waals surface area contributed by atoms with Crippen molar-refractivity contribution in [2.24, 2.45) is 11.3 Å². The van der Waals surface area contributed by atoms with Crippen molar-refractivity contribution in [3.8, 4) is 0 Å². The largest absolute Gasteiger partial charge is 0.454 e. The molecule has 2 aliphatic heterocycles. The van der Waals surface area contributed by atoms with Crippen LogP contribution < -0.4 is 0 Å². The number of fused-ring (bicyclic) bond motifs is 2. The first-order chi connectivity index (χ1) is 14.1. The van der Waals surface area contributed by atoms with Gasteiger partial charge < -0.3 is 39.7 Å². The third kappa shape index (κ3) is 3.50. The molecule has 2 heterocycles. The summed E-state index contributed by atoms with van der Waals surface area (Å²) in [5.41, 5.74) is 0.112. The zero-order valence-electron chi connectivity index (χ0n) is 17.4. The lowest BCUT2D eigenvalue weighted by molar-refractivity contribution is -0.314. The molecule has 30 heavy (non-hydrogen) atoms. The van der Waals surface area contributed by atoms with E-state index in [1.807, 2.05) is 0 Å². The molecule has 2 aliphatic carbocycles. The topological polar surface area (TPSA) is 146 Å². The average Bonchev–Trinajstić information content (AvgIpc) is 2.97. The Hall–Kier alpha value is -1.07. The van der Waals surface area contributed by atoms with Crippen LogP contribution in [0.25, 0.3) is 0 Å². The number of hydrogen-bond donors (Lipinski definition) is 5. The quantitative estimate of drug-likeness (QED) is 0.370. The monoisotopic (exact) mass is 428 g/mol. The summed E-state index contributed by atoms with van der Waals surface area (Å²) in [5.74, 6) is -0.460. The molecule has 0 unspecified atom stereocenters. The second-order valence-corrected chi connectivity index (χ2v) is 9.62.